The van der Waals surface area contributed by atoms with E-state index in [4.69, 9.17) is 4.74 Å². The molecule has 1 N–H and O–H groups in total. The molecule has 0 aliphatic heterocycles. The molecular weight excluding hydrogens is 239 g/mol. The number of nitrogens with one attached hydrogen (secondary N) is 1. The molecule has 0 radical (unpaired) electrons. The molecule has 1 unspecified atom stereocenters. The van der Waals surface area contributed by atoms with Gasteiger partial charge in [-0.3, -0.25) is 10.1 Å². The minimum Gasteiger partial charge on any atom is -0.383 e. The molecule has 1 atom stereocenters. The lowest BCUT2D eigenvalue weighted by Crippen LogP contribution is -2.24. The van der Waals surface area contributed by atoms with Crippen LogP contribution in [-0.2, 0) is 4.74 Å². The molecule has 1 aromatic carbocycles. The number of nitrogens with zero attached hydrogens (tertiary/aromatic N) is 1. The van der Waals surface area contributed by atoms with Gasteiger partial charge >= 0.3 is 0 Å². The van der Waals surface area contributed by atoms with Crippen molar-refractivity contribution >= 4 is 11.4 Å². The fraction of sp³-hybridized carbons (Fsp3) is 0.500. The van der Waals surface area contributed by atoms with Crippen LogP contribution in [0, 0.1) is 15.9 Å². The van der Waals surface area contributed by atoms with Crippen LogP contribution in [0.2, 0.25) is 0 Å². The molecule has 0 saturated carbocycles. The summed E-state index contributed by atoms with van der Waals surface area (Å²) in [7, 11) is 1.58. The summed E-state index contributed by atoms with van der Waals surface area (Å²) in [6.45, 7) is 2.50. The Morgan fingerprint density at radius 2 is 2.22 bits per heavy atom. The molecular formula is C12H17FN2O3. The van der Waals surface area contributed by atoms with Crippen LogP contribution in [0.3, 0.4) is 0 Å². The lowest BCUT2D eigenvalue weighted by molar-refractivity contribution is -0.385. The number of hydrogen-bond acceptors (Lipinski definition) is 4. The lowest BCUT2D eigenvalue weighted by Gasteiger charge is -2.18. The molecule has 0 fully saturated rings. The van der Waals surface area contributed by atoms with Gasteiger partial charge in [-0.25, -0.2) is 4.39 Å². The minimum atomic E-state index is -0.626. The van der Waals surface area contributed by atoms with E-state index in [2.05, 4.69) is 5.32 Å². The zero-order valence-electron chi connectivity index (χ0n) is 10.5. The highest BCUT2D eigenvalue weighted by Crippen LogP contribution is 2.21. The van der Waals surface area contributed by atoms with Gasteiger partial charge in [-0.15, -0.1) is 0 Å². The number of nitro groups is 1. The fourth-order valence-corrected chi connectivity index (χ4v) is 1.75. The summed E-state index contributed by atoms with van der Waals surface area (Å²) in [6.07, 6.45) is 1.79. The molecule has 1 rings (SSSR count). The van der Waals surface area contributed by atoms with Crippen LogP contribution in [0.15, 0.2) is 18.2 Å². The number of halogens is 1. The Bertz CT molecular complexity index is 406. The summed E-state index contributed by atoms with van der Waals surface area (Å²) < 4.78 is 18.3. The smallest absolute Gasteiger partial charge is 0.274 e. The maximum atomic E-state index is 13.2. The Hall–Kier alpha value is -1.69. The van der Waals surface area contributed by atoms with Crippen molar-refractivity contribution in [1.82, 2.24) is 0 Å². The standard InChI is InChI=1S/C12H17FN2O3/c1-3-4-10(8-18-2)14-11-5-9(13)6-12(7-11)15(16)17/h5-7,10,14H,3-4,8H2,1-2H3. The lowest BCUT2D eigenvalue weighted by atomic mass is 10.1. The van der Waals surface area contributed by atoms with E-state index in [1.54, 1.807) is 7.11 Å². The number of benzene rings is 1. The van der Waals surface area contributed by atoms with Crippen LogP contribution >= 0.6 is 0 Å². The molecule has 0 heterocycles. The van der Waals surface area contributed by atoms with Gasteiger partial charge < -0.3 is 10.1 Å². The van der Waals surface area contributed by atoms with E-state index < -0.39 is 10.7 Å². The van der Waals surface area contributed by atoms with E-state index in [1.807, 2.05) is 6.92 Å². The van der Waals surface area contributed by atoms with Gasteiger partial charge in [0.15, 0.2) is 0 Å². The molecule has 0 aromatic heterocycles. The molecule has 0 spiro atoms. The molecule has 6 heteroatoms. The summed E-state index contributed by atoms with van der Waals surface area (Å²) >= 11 is 0. The van der Waals surface area contributed by atoms with E-state index in [0.717, 1.165) is 18.9 Å². The fourth-order valence-electron chi connectivity index (χ4n) is 1.75. The zero-order valence-corrected chi connectivity index (χ0v) is 10.5. The average Bonchev–Trinajstić information content (AvgIpc) is 2.28. The van der Waals surface area contributed by atoms with Crippen molar-refractivity contribution in [2.75, 3.05) is 19.0 Å². The van der Waals surface area contributed by atoms with Gasteiger partial charge in [0.1, 0.15) is 5.82 Å². The van der Waals surface area contributed by atoms with Gasteiger partial charge in [0.2, 0.25) is 0 Å². The Labute approximate surface area is 105 Å². The van der Waals surface area contributed by atoms with Crippen molar-refractivity contribution in [2.45, 2.75) is 25.8 Å². The van der Waals surface area contributed by atoms with Gasteiger partial charge in [0, 0.05) is 24.9 Å². The van der Waals surface area contributed by atoms with Crippen LogP contribution in [0.5, 0.6) is 0 Å². The maximum absolute atomic E-state index is 13.2. The van der Waals surface area contributed by atoms with Gasteiger partial charge in [-0.2, -0.15) is 0 Å². The summed E-state index contributed by atoms with van der Waals surface area (Å²) in [6, 6.07) is 3.48. The van der Waals surface area contributed by atoms with Crippen molar-refractivity contribution < 1.29 is 14.1 Å². The number of methoxy groups -OCH3 is 1. The van der Waals surface area contributed by atoms with Crippen molar-refractivity contribution in [1.29, 1.82) is 0 Å². The number of hydrogen-bond donors (Lipinski definition) is 1. The molecule has 1 aromatic rings. The van der Waals surface area contributed by atoms with Crippen molar-refractivity contribution in [3.63, 3.8) is 0 Å². The second-order valence-electron chi connectivity index (χ2n) is 4.04. The molecule has 100 valence electrons. The topological polar surface area (TPSA) is 64.4 Å². The van der Waals surface area contributed by atoms with Crippen LogP contribution in [-0.4, -0.2) is 24.7 Å². The highest BCUT2D eigenvalue weighted by atomic mass is 19.1. The molecule has 0 saturated heterocycles. The molecule has 18 heavy (non-hydrogen) atoms. The molecule has 0 bridgehead atoms. The predicted octanol–water partition coefficient (Wildman–Crippen LogP) is 2.96. The van der Waals surface area contributed by atoms with E-state index in [0.29, 0.717) is 12.3 Å². The number of non-ortho nitro benzene ring substituents is 1. The first kappa shape index (κ1) is 14.4. The summed E-state index contributed by atoms with van der Waals surface area (Å²) in [5, 5.41) is 13.7. The minimum absolute atomic E-state index is 0.0152. The third-order valence-corrected chi connectivity index (χ3v) is 2.47. The van der Waals surface area contributed by atoms with Gasteiger partial charge in [0.25, 0.3) is 5.69 Å². The van der Waals surface area contributed by atoms with Crippen molar-refractivity contribution in [3.8, 4) is 0 Å². The second kappa shape index (κ2) is 6.90. The number of nitro benzene ring substituents is 1. The van der Waals surface area contributed by atoms with Gasteiger partial charge in [-0.05, 0) is 12.5 Å². The first-order valence-electron chi connectivity index (χ1n) is 5.77. The largest absolute Gasteiger partial charge is 0.383 e. The Balaban J connectivity index is 2.84. The van der Waals surface area contributed by atoms with Crippen LogP contribution in [0.1, 0.15) is 19.8 Å². The first-order chi connectivity index (χ1) is 8.56. The van der Waals surface area contributed by atoms with Crippen LogP contribution < -0.4 is 5.32 Å². The third-order valence-electron chi connectivity index (χ3n) is 2.47. The van der Waals surface area contributed by atoms with Crippen LogP contribution in [0.4, 0.5) is 15.8 Å². The van der Waals surface area contributed by atoms with E-state index >= 15 is 0 Å². The van der Waals surface area contributed by atoms with E-state index in [9.17, 15) is 14.5 Å². The zero-order chi connectivity index (χ0) is 13.5. The first-order valence-corrected chi connectivity index (χ1v) is 5.77. The maximum Gasteiger partial charge on any atom is 0.274 e. The normalized spacial score (nSPS) is 12.2. The van der Waals surface area contributed by atoms with E-state index in [1.165, 1.54) is 12.1 Å². The van der Waals surface area contributed by atoms with Crippen molar-refractivity contribution in [3.05, 3.63) is 34.1 Å². The molecule has 0 amide bonds. The summed E-state index contributed by atoms with van der Waals surface area (Å²) in [4.78, 5) is 10.0. The Kier molecular flexibility index (Phi) is 5.51. The summed E-state index contributed by atoms with van der Waals surface area (Å²) in [5.74, 6) is -0.626. The number of anilines is 1. The summed E-state index contributed by atoms with van der Waals surface area (Å²) in [5.41, 5.74) is 0.141. The van der Waals surface area contributed by atoms with Gasteiger partial charge in [-0.1, -0.05) is 13.3 Å². The SMILES string of the molecule is CCCC(COC)Nc1cc(F)cc([N+](=O)[O-])c1. The van der Waals surface area contributed by atoms with Crippen LogP contribution in [0.25, 0.3) is 0 Å². The monoisotopic (exact) mass is 256 g/mol. The van der Waals surface area contributed by atoms with Gasteiger partial charge in [0.05, 0.1) is 17.6 Å². The average molecular weight is 256 g/mol. The quantitative estimate of drug-likeness (QED) is 0.601. The second-order valence-corrected chi connectivity index (χ2v) is 4.04. The highest BCUT2D eigenvalue weighted by Gasteiger charge is 2.13. The molecule has 0 aliphatic rings. The molecule has 0 aliphatic carbocycles. The highest BCUT2D eigenvalue weighted by molar-refractivity contribution is 5.52. The number of rotatable bonds is 7. The Morgan fingerprint density at radius 1 is 1.50 bits per heavy atom. The van der Waals surface area contributed by atoms with Crippen molar-refractivity contribution in [2.24, 2.45) is 0 Å². The molecule has 5 nitrogen and oxygen atoms in total. The number of ether oxygens (including phenoxy) is 1. The van der Waals surface area contributed by atoms with E-state index in [-0.39, 0.29) is 11.7 Å². The third kappa shape index (κ3) is 4.29. The predicted molar refractivity (Wildman–Crippen MR) is 67.2 cm³/mol. The Morgan fingerprint density at radius 3 is 2.78 bits per heavy atom.